The fraction of sp³-hybridized carbons (Fsp3) is 0.500. The van der Waals surface area contributed by atoms with E-state index >= 15 is 0 Å². The van der Waals surface area contributed by atoms with Crippen molar-refractivity contribution < 1.29 is 9.53 Å². The predicted molar refractivity (Wildman–Crippen MR) is 87.4 cm³/mol. The molecule has 0 atom stereocenters. The number of hydrogen-bond donors (Lipinski definition) is 1. The molecule has 3 rings (SSSR count). The van der Waals surface area contributed by atoms with Gasteiger partial charge in [0.1, 0.15) is 0 Å². The summed E-state index contributed by atoms with van der Waals surface area (Å²) in [6, 6.07) is 0. The second kappa shape index (κ2) is 6.72. The third-order valence-corrected chi connectivity index (χ3v) is 5.17. The lowest BCUT2D eigenvalue weighted by Gasteiger charge is -2.24. The number of aromatic nitrogens is 2. The van der Waals surface area contributed by atoms with Gasteiger partial charge in [-0.15, -0.1) is 11.3 Å². The Bertz CT molecular complexity index is 668. The van der Waals surface area contributed by atoms with E-state index in [9.17, 15) is 4.79 Å². The molecule has 3 heterocycles. The van der Waals surface area contributed by atoms with E-state index in [-0.39, 0.29) is 0 Å². The van der Waals surface area contributed by atoms with Gasteiger partial charge in [-0.2, -0.15) is 0 Å². The summed E-state index contributed by atoms with van der Waals surface area (Å²) in [7, 11) is 0. The molecule has 0 aromatic carbocycles. The van der Waals surface area contributed by atoms with Crippen LogP contribution in [-0.4, -0.2) is 34.1 Å². The average Bonchev–Trinajstić information content (AvgIpc) is 3.04. The van der Waals surface area contributed by atoms with Crippen molar-refractivity contribution in [2.75, 3.05) is 18.5 Å². The van der Waals surface area contributed by atoms with Crippen molar-refractivity contribution in [1.29, 1.82) is 0 Å². The fourth-order valence-electron chi connectivity index (χ4n) is 2.40. The van der Waals surface area contributed by atoms with E-state index in [1.165, 1.54) is 16.2 Å². The van der Waals surface area contributed by atoms with Crippen molar-refractivity contribution >= 4 is 33.9 Å². The van der Waals surface area contributed by atoms with Crippen LogP contribution in [-0.2, 0) is 24.2 Å². The van der Waals surface area contributed by atoms with Gasteiger partial charge in [0.2, 0.25) is 0 Å². The van der Waals surface area contributed by atoms with Crippen LogP contribution in [0.2, 0.25) is 0 Å². The van der Waals surface area contributed by atoms with E-state index in [1.54, 1.807) is 18.3 Å². The van der Waals surface area contributed by atoms with Crippen LogP contribution in [0.4, 0.5) is 9.93 Å². The van der Waals surface area contributed by atoms with Crippen LogP contribution >= 0.6 is 22.7 Å². The van der Waals surface area contributed by atoms with Crippen LogP contribution < -0.4 is 5.32 Å². The largest absolute Gasteiger partial charge is 0.450 e. The maximum absolute atomic E-state index is 11.4. The smallest absolute Gasteiger partial charge is 0.413 e. The summed E-state index contributed by atoms with van der Waals surface area (Å²) in [5.74, 6) is 0. The maximum Gasteiger partial charge on any atom is 0.413 e. The lowest BCUT2D eigenvalue weighted by Crippen LogP contribution is -2.29. The molecule has 0 bridgehead atoms. The molecule has 1 aliphatic heterocycles. The van der Waals surface area contributed by atoms with Crippen LogP contribution in [0.25, 0.3) is 0 Å². The number of anilines is 1. The zero-order valence-electron chi connectivity index (χ0n) is 12.6. The van der Waals surface area contributed by atoms with Gasteiger partial charge < -0.3 is 4.74 Å². The first kappa shape index (κ1) is 15.4. The standard InChI is InChI=1S/C14H18N4O2S2/c1-3-20-14(19)17-13-16-11-4-5-18(7-12(11)22-13)6-10-8-21-9(2)15-10/h8H,3-7H2,1-2H3,(H,16,17,19). The number of fused-ring (bicyclic) bond motifs is 1. The van der Waals surface area contributed by atoms with Crippen molar-refractivity contribution in [2.45, 2.75) is 33.4 Å². The summed E-state index contributed by atoms with van der Waals surface area (Å²) >= 11 is 3.21. The number of thiazole rings is 2. The van der Waals surface area contributed by atoms with E-state index in [0.717, 1.165) is 42.5 Å². The molecule has 8 heteroatoms. The van der Waals surface area contributed by atoms with Crippen LogP contribution in [0.15, 0.2) is 5.38 Å². The summed E-state index contributed by atoms with van der Waals surface area (Å²) in [4.78, 5) is 24.0. The number of amides is 1. The van der Waals surface area contributed by atoms with Crippen LogP contribution in [0.1, 0.15) is 28.2 Å². The Labute approximate surface area is 137 Å². The minimum absolute atomic E-state index is 0.359. The molecule has 0 saturated heterocycles. The van der Waals surface area contributed by atoms with Crippen molar-refractivity contribution in [3.8, 4) is 0 Å². The molecule has 6 nitrogen and oxygen atoms in total. The summed E-state index contributed by atoms with van der Waals surface area (Å²) in [5, 5.41) is 6.52. The Morgan fingerprint density at radius 1 is 1.50 bits per heavy atom. The summed E-state index contributed by atoms with van der Waals surface area (Å²) in [5.41, 5.74) is 2.21. The highest BCUT2D eigenvalue weighted by molar-refractivity contribution is 7.15. The van der Waals surface area contributed by atoms with Gasteiger partial charge in [-0.25, -0.2) is 14.8 Å². The molecule has 2 aromatic rings. The van der Waals surface area contributed by atoms with Gasteiger partial charge in [-0.3, -0.25) is 10.2 Å². The number of rotatable bonds is 4. The zero-order valence-corrected chi connectivity index (χ0v) is 14.2. The van der Waals surface area contributed by atoms with Crippen molar-refractivity contribution in [2.24, 2.45) is 0 Å². The molecule has 0 saturated carbocycles. The molecule has 1 aliphatic rings. The Morgan fingerprint density at radius 2 is 2.36 bits per heavy atom. The van der Waals surface area contributed by atoms with E-state index < -0.39 is 6.09 Å². The van der Waals surface area contributed by atoms with E-state index in [1.807, 2.05) is 6.92 Å². The molecule has 1 amide bonds. The summed E-state index contributed by atoms with van der Waals surface area (Å²) in [6.45, 7) is 6.85. The van der Waals surface area contributed by atoms with Gasteiger partial charge in [0, 0.05) is 36.3 Å². The van der Waals surface area contributed by atoms with E-state index in [2.05, 4.69) is 25.6 Å². The molecule has 0 aliphatic carbocycles. The van der Waals surface area contributed by atoms with Crippen LogP contribution in [0.3, 0.4) is 0 Å². The van der Waals surface area contributed by atoms with E-state index in [4.69, 9.17) is 4.74 Å². The topological polar surface area (TPSA) is 67.3 Å². The number of carbonyl (C=O) groups excluding carboxylic acids is 1. The molecule has 2 aromatic heterocycles. The Balaban J connectivity index is 1.63. The van der Waals surface area contributed by atoms with Gasteiger partial charge >= 0.3 is 6.09 Å². The fourth-order valence-corrected chi connectivity index (χ4v) is 4.04. The van der Waals surface area contributed by atoms with Gasteiger partial charge in [0.25, 0.3) is 0 Å². The summed E-state index contributed by atoms with van der Waals surface area (Å²) in [6.07, 6.45) is 0.461. The second-order valence-electron chi connectivity index (χ2n) is 5.05. The molecule has 0 radical (unpaired) electrons. The Hall–Kier alpha value is -1.51. The van der Waals surface area contributed by atoms with Gasteiger partial charge in [0.05, 0.1) is 23.0 Å². The maximum atomic E-state index is 11.4. The highest BCUT2D eigenvalue weighted by Gasteiger charge is 2.22. The highest BCUT2D eigenvalue weighted by atomic mass is 32.1. The molecular weight excluding hydrogens is 320 g/mol. The molecule has 0 fully saturated rings. The molecule has 118 valence electrons. The molecule has 0 unspecified atom stereocenters. The van der Waals surface area contributed by atoms with Gasteiger partial charge in [-0.1, -0.05) is 11.3 Å². The Kier molecular flexibility index (Phi) is 4.70. The Morgan fingerprint density at radius 3 is 3.09 bits per heavy atom. The van der Waals surface area contributed by atoms with Gasteiger partial charge in [0.15, 0.2) is 5.13 Å². The number of ether oxygens (including phenoxy) is 1. The predicted octanol–water partition coefficient (Wildman–Crippen LogP) is 3.03. The third-order valence-electron chi connectivity index (χ3n) is 3.35. The SMILES string of the molecule is CCOC(=O)Nc1nc2c(s1)CN(Cc1csc(C)n1)CC2. The second-order valence-corrected chi connectivity index (χ2v) is 7.20. The first-order chi connectivity index (χ1) is 10.6. The van der Waals surface area contributed by atoms with Crippen molar-refractivity contribution in [3.63, 3.8) is 0 Å². The van der Waals surface area contributed by atoms with Crippen LogP contribution in [0.5, 0.6) is 0 Å². The molecule has 22 heavy (non-hydrogen) atoms. The van der Waals surface area contributed by atoms with Crippen molar-refractivity contribution in [1.82, 2.24) is 14.9 Å². The first-order valence-electron chi connectivity index (χ1n) is 7.19. The molecule has 0 spiro atoms. The average molecular weight is 338 g/mol. The zero-order chi connectivity index (χ0) is 15.5. The minimum Gasteiger partial charge on any atom is -0.450 e. The number of carbonyl (C=O) groups is 1. The quantitative estimate of drug-likeness (QED) is 0.928. The first-order valence-corrected chi connectivity index (χ1v) is 8.89. The van der Waals surface area contributed by atoms with Crippen LogP contribution in [0, 0.1) is 6.92 Å². The molecule has 1 N–H and O–H groups in total. The van der Waals surface area contributed by atoms with E-state index in [0.29, 0.717) is 11.7 Å². The minimum atomic E-state index is -0.441. The number of nitrogens with one attached hydrogen (secondary N) is 1. The normalized spacial score (nSPS) is 14.6. The number of nitrogens with zero attached hydrogens (tertiary/aromatic N) is 3. The lowest BCUT2D eigenvalue weighted by atomic mass is 10.2. The number of aryl methyl sites for hydroxylation is 1. The number of hydrogen-bond acceptors (Lipinski definition) is 7. The van der Waals surface area contributed by atoms with Gasteiger partial charge in [-0.05, 0) is 13.8 Å². The lowest BCUT2D eigenvalue weighted by molar-refractivity contribution is 0.168. The summed E-state index contributed by atoms with van der Waals surface area (Å²) < 4.78 is 4.88. The highest BCUT2D eigenvalue weighted by Crippen LogP contribution is 2.29. The monoisotopic (exact) mass is 338 g/mol. The van der Waals surface area contributed by atoms with Crippen molar-refractivity contribution in [3.05, 3.63) is 26.7 Å². The third kappa shape index (κ3) is 3.63. The molecular formula is C14H18N4O2S2.